The van der Waals surface area contributed by atoms with Gasteiger partial charge in [-0.15, -0.1) is 0 Å². The number of unbranched alkanes of at least 4 members (excludes halogenated alkanes) is 6. The molecule has 6 saturated carbocycles. The van der Waals surface area contributed by atoms with Crippen molar-refractivity contribution in [1.82, 2.24) is 4.57 Å². The Morgan fingerprint density at radius 2 is 0.380 bits per heavy atom. The second kappa shape index (κ2) is 48.9. The summed E-state index contributed by atoms with van der Waals surface area (Å²) in [7, 11) is 4.23. The largest absolute Gasteiger partial charge is 0.494 e. The minimum absolute atomic E-state index is 0.417. The molecular formula is C146H158N2O2. The summed E-state index contributed by atoms with van der Waals surface area (Å²) in [6.07, 6.45) is 50.5. The van der Waals surface area contributed by atoms with Crippen molar-refractivity contribution < 1.29 is 9.47 Å². The second-order valence-corrected chi connectivity index (χ2v) is 45.9. The van der Waals surface area contributed by atoms with Crippen molar-refractivity contribution in [2.75, 3.05) is 32.2 Å². The standard InChI is InChI=1S/C146H158N2O2/c1-147(2)139-93-95-140(96-94-139)148-143(131-77-97-141(98-78-131)149-105-27-5-3-25-103-145(133-81-65-125(66-82-133)119-53-41-113(42-54-119)107-29-13-7-14-30-107,134-83-67-126(68-84-134)120-55-43-114(44-56-120)108-31-15-8-16-32-108)135-85-69-127(70-86-135)121-57-45-115(46-58-121)109-33-17-9-18-34-109)101-102-144(148)132-79-99-142(100-80-132)150-106-28-6-4-26-104-146(136-87-71-128(72-88-136)122-59-47-116(48-60-122)110-35-19-10-20-36-110,137-89-73-129(74-90-137)123-61-49-117(50-62-123)111-37-21-11-22-38-111)138-91-75-130(76-92-138)124-63-51-118(52-64-124)112-39-23-12-24-40-112/h41-102,107-112H,3-40,103-106H2,1-2H3. The Balaban J connectivity index is 0.478. The number of aromatic nitrogens is 1. The monoisotopic (exact) mass is 1970 g/mol. The molecule has 1 heterocycles. The molecule has 0 bridgehead atoms. The summed E-state index contributed by atoms with van der Waals surface area (Å²) in [6.45, 7) is 1.32. The van der Waals surface area contributed by atoms with Gasteiger partial charge in [-0.1, -0.05) is 445 Å². The Morgan fingerprint density at radius 3 is 0.580 bits per heavy atom. The van der Waals surface area contributed by atoms with Crippen LogP contribution in [0.2, 0.25) is 0 Å². The zero-order valence-electron chi connectivity index (χ0n) is 89.7. The Hall–Kier alpha value is -13.0. The number of anilines is 1. The molecule has 0 spiro atoms. The number of ether oxygens (including phenoxy) is 2. The molecule has 0 saturated heterocycles. The normalized spacial score (nSPS) is 16.1. The fourth-order valence-corrected chi connectivity index (χ4v) is 27.4. The summed E-state index contributed by atoms with van der Waals surface area (Å²) in [6, 6.07) is 147. The van der Waals surface area contributed by atoms with Crippen LogP contribution in [0.5, 0.6) is 11.5 Å². The van der Waals surface area contributed by atoms with E-state index in [1.807, 2.05) is 0 Å². The lowest BCUT2D eigenvalue weighted by Crippen LogP contribution is -2.29. The number of nitrogens with zero attached hydrogens (tertiary/aromatic N) is 2. The third kappa shape index (κ3) is 23.7. The van der Waals surface area contributed by atoms with Crippen LogP contribution in [0.4, 0.5) is 5.69 Å². The summed E-state index contributed by atoms with van der Waals surface area (Å²) in [5, 5.41) is 0. The van der Waals surface area contributed by atoms with Gasteiger partial charge < -0.3 is 18.9 Å². The molecule has 4 nitrogen and oxygen atoms in total. The SMILES string of the molecule is CN(C)c1ccc(-n2c(-c3ccc(OCCCCCCC(c4ccc(-c5ccc(C6CCCCC6)cc5)cc4)(c4ccc(-c5ccc(C6CCCCC6)cc5)cc4)c4ccc(-c5ccc(C6CCCCC6)cc5)cc4)cc3)ccc2-c2ccc(OCCCCCCC(c3ccc(-c4ccc(C5CCCCC5)cc4)cc3)(c3ccc(-c4ccc(C5CCCCC5)cc4)cc3)c3ccc(-c4ccc(C5CCCCC5)cc4)cc3)cc2)cc1. The lowest BCUT2D eigenvalue weighted by atomic mass is 9.66. The second-order valence-electron chi connectivity index (χ2n) is 45.9. The highest BCUT2D eigenvalue weighted by molar-refractivity contribution is 5.77. The third-order valence-corrected chi connectivity index (χ3v) is 36.4. The van der Waals surface area contributed by atoms with E-state index in [0.717, 1.165) is 110 Å². The Morgan fingerprint density at radius 1 is 0.193 bits per heavy atom. The lowest BCUT2D eigenvalue weighted by Gasteiger charge is -2.37. The van der Waals surface area contributed by atoms with Crippen LogP contribution in [0.25, 0.3) is 95.0 Å². The zero-order valence-corrected chi connectivity index (χ0v) is 89.7. The van der Waals surface area contributed by atoms with Gasteiger partial charge in [-0.2, -0.15) is 0 Å². The summed E-state index contributed by atoms with van der Waals surface area (Å²) in [5.41, 5.74) is 38.4. The van der Waals surface area contributed by atoms with Gasteiger partial charge >= 0.3 is 0 Å². The molecule has 0 atom stereocenters. The van der Waals surface area contributed by atoms with Gasteiger partial charge in [0, 0.05) is 36.3 Å². The summed E-state index contributed by atoms with van der Waals surface area (Å²) in [4.78, 5) is 2.17. The van der Waals surface area contributed by atoms with Gasteiger partial charge in [-0.05, 0) is 368 Å². The van der Waals surface area contributed by atoms with Crippen molar-refractivity contribution in [3.63, 3.8) is 0 Å². The van der Waals surface area contributed by atoms with Gasteiger partial charge in [0.05, 0.1) is 24.6 Å². The minimum Gasteiger partial charge on any atom is -0.494 e. The molecule has 0 unspecified atom stereocenters. The van der Waals surface area contributed by atoms with Crippen LogP contribution in [0.3, 0.4) is 0 Å². The van der Waals surface area contributed by atoms with E-state index in [0.29, 0.717) is 48.7 Å². The molecule has 0 N–H and O–H groups in total. The molecule has 4 heteroatoms. The average Bonchev–Trinajstić information content (AvgIpc) is 0.924. The lowest BCUT2D eigenvalue weighted by molar-refractivity contribution is 0.303. The Kier molecular flexibility index (Phi) is 33.1. The average molecular weight is 1970 g/mol. The van der Waals surface area contributed by atoms with E-state index >= 15 is 0 Å². The highest BCUT2D eigenvalue weighted by Crippen LogP contribution is 2.51. The van der Waals surface area contributed by atoms with Crippen molar-refractivity contribution >= 4 is 5.69 Å². The minimum atomic E-state index is -0.417. The van der Waals surface area contributed by atoms with Gasteiger partial charge in [0.2, 0.25) is 0 Å². The highest BCUT2D eigenvalue weighted by atomic mass is 16.5. The molecule has 0 radical (unpaired) electrons. The van der Waals surface area contributed by atoms with Crippen molar-refractivity contribution in [3.8, 4) is 106 Å². The van der Waals surface area contributed by atoms with Crippen LogP contribution in [0.15, 0.2) is 376 Å². The zero-order chi connectivity index (χ0) is 101. The molecule has 0 amide bonds. The fraction of sp³-hybridized carbons (Fsp3) is 0.356. The molecule has 15 aromatic carbocycles. The molecular weight excluding hydrogens is 1810 g/mol. The van der Waals surface area contributed by atoms with Crippen molar-refractivity contribution in [2.45, 2.75) is 303 Å². The maximum atomic E-state index is 6.71. The third-order valence-electron chi connectivity index (χ3n) is 36.4. The number of hydrogen-bond donors (Lipinski definition) is 0. The predicted octanol–water partition coefficient (Wildman–Crippen LogP) is 40.9. The van der Waals surface area contributed by atoms with Crippen LogP contribution in [0, 0.1) is 0 Å². The predicted molar refractivity (Wildman–Crippen MR) is 634 cm³/mol. The number of rotatable bonds is 38. The molecule has 6 aliphatic carbocycles. The van der Waals surface area contributed by atoms with Gasteiger partial charge in [0.25, 0.3) is 0 Å². The van der Waals surface area contributed by atoms with Crippen LogP contribution in [-0.2, 0) is 10.8 Å². The molecule has 22 rings (SSSR count). The topological polar surface area (TPSA) is 26.6 Å². The molecule has 150 heavy (non-hydrogen) atoms. The van der Waals surface area contributed by atoms with Gasteiger partial charge in [-0.25, -0.2) is 0 Å². The van der Waals surface area contributed by atoms with E-state index in [9.17, 15) is 0 Å². The van der Waals surface area contributed by atoms with Crippen molar-refractivity contribution in [1.29, 1.82) is 0 Å². The van der Waals surface area contributed by atoms with E-state index < -0.39 is 10.8 Å². The Labute approximate surface area is 898 Å². The summed E-state index contributed by atoms with van der Waals surface area (Å²) >= 11 is 0. The van der Waals surface area contributed by atoms with Crippen LogP contribution >= 0.6 is 0 Å². The highest BCUT2D eigenvalue weighted by Gasteiger charge is 2.39. The number of benzene rings is 15. The van der Waals surface area contributed by atoms with E-state index in [1.165, 1.54) is 326 Å². The number of hydrogen-bond acceptors (Lipinski definition) is 3. The van der Waals surface area contributed by atoms with Gasteiger partial charge in [-0.3, -0.25) is 0 Å². The fourth-order valence-electron chi connectivity index (χ4n) is 27.4. The maximum absolute atomic E-state index is 6.71. The quantitative estimate of drug-likeness (QED) is 0.0285. The molecule has 1 aromatic heterocycles. The van der Waals surface area contributed by atoms with E-state index in [1.54, 1.807) is 0 Å². The van der Waals surface area contributed by atoms with Crippen LogP contribution in [0.1, 0.15) is 359 Å². The molecule has 6 fully saturated rings. The van der Waals surface area contributed by atoms with Crippen LogP contribution < -0.4 is 14.4 Å². The first-order valence-electron chi connectivity index (χ1n) is 58.8. The first-order chi connectivity index (χ1) is 74.1. The van der Waals surface area contributed by atoms with E-state index in [2.05, 4.69) is 400 Å². The van der Waals surface area contributed by atoms with Crippen LogP contribution in [-0.4, -0.2) is 31.9 Å². The molecule has 6 aliphatic rings. The summed E-state index contributed by atoms with van der Waals surface area (Å²) in [5.74, 6) is 5.91. The molecule has 0 aliphatic heterocycles. The van der Waals surface area contributed by atoms with E-state index in [4.69, 9.17) is 9.47 Å². The molecule has 764 valence electrons. The van der Waals surface area contributed by atoms with Crippen molar-refractivity contribution in [3.05, 3.63) is 443 Å². The van der Waals surface area contributed by atoms with Crippen molar-refractivity contribution in [2.24, 2.45) is 0 Å². The maximum Gasteiger partial charge on any atom is 0.119 e. The van der Waals surface area contributed by atoms with Gasteiger partial charge in [0.1, 0.15) is 11.5 Å². The van der Waals surface area contributed by atoms with Gasteiger partial charge in [0.15, 0.2) is 0 Å². The van der Waals surface area contributed by atoms with E-state index in [-0.39, 0.29) is 0 Å². The Bertz CT molecular complexity index is 6000. The molecule has 16 aromatic rings. The first-order valence-corrected chi connectivity index (χ1v) is 58.8. The first kappa shape index (κ1) is 101. The smallest absolute Gasteiger partial charge is 0.119 e. The summed E-state index contributed by atoms with van der Waals surface area (Å²) < 4.78 is 15.8.